The van der Waals surface area contributed by atoms with E-state index in [2.05, 4.69) is 42.7 Å². The van der Waals surface area contributed by atoms with E-state index in [1.54, 1.807) is 32.0 Å². The summed E-state index contributed by atoms with van der Waals surface area (Å²) in [6, 6.07) is 12.2. The van der Waals surface area contributed by atoms with Gasteiger partial charge in [-0.3, -0.25) is 9.79 Å². The summed E-state index contributed by atoms with van der Waals surface area (Å²) in [5, 5.41) is 0.431. The van der Waals surface area contributed by atoms with E-state index >= 15 is 0 Å². The Morgan fingerprint density at radius 3 is 2.25 bits per heavy atom. The fourth-order valence-electron chi connectivity index (χ4n) is 9.12. The third kappa shape index (κ3) is 13.9. The van der Waals surface area contributed by atoms with Crippen molar-refractivity contribution in [3.05, 3.63) is 81.3 Å². The smallest absolute Gasteiger partial charge is 0.336 e. The standard InChI is InChI=1S/C48H69ClFN3O8/c1-9-60-47(56)44-40(51-34(4)42(46(55)58-8)43(44)38-18-14-15-19-39(38)49)31-59-29-28-53(6)26-17-13-11-10-12-16-25-52(5)27-24-48(61-41(54)32-57-7)23-22-35-30-36(50)20-21-37(35)45(48)33(2)3/h14-15,18-21,30,33,42-43,45H,9-13,16-17,22-29,31-32H2,1-8H3/t42?,43?,45?,48-/m0/s1. The van der Waals surface area contributed by atoms with Gasteiger partial charge in [0.25, 0.3) is 0 Å². The van der Waals surface area contributed by atoms with Crippen molar-refractivity contribution in [2.75, 3.05) is 80.9 Å². The fraction of sp³-hybridized carbons (Fsp3) is 0.625. The van der Waals surface area contributed by atoms with Crippen LogP contribution in [0.3, 0.4) is 0 Å². The Morgan fingerprint density at radius 2 is 1.61 bits per heavy atom. The highest BCUT2D eigenvalue weighted by Gasteiger charge is 2.48. The minimum Gasteiger partial charge on any atom is -0.468 e. The molecule has 0 aromatic heterocycles. The lowest BCUT2D eigenvalue weighted by molar-refractivity contribution is -0.172. The highest BCUT2D eigenvalue weighted by atomic mass is 35.5. The first kappa shape index (κ1) is 50.0. The largest absolute Gasteiger partial charge is 0.468 e. The number of aryl methyl sites for hydroxylation is 1. The number of hydrogen-bond donors (Lipinski definition) is 0. The van der Waals surface area contributed by atoms with Crippen molar-refractivity contribution in [3.8, 4) is 0 Å². The summed E-state index contributed by atoms with van der Waals surface area (Å²) >= 11 is 6.62. The van der Waals surface area contributed by atoms with Gasteiger partial charge < -0.3 is 33.5 Å². The van der Waals surface area contributed by atoms with E-state index < -0.39 is 29.4 Å². The number of likely N-dealkylation sites (N-methyl/N-ethyl adjacent to an activating group) is 1. The first-order valence-corrected chi connectivity index (χ1v) is 22.4. The number of carbonyl (C=O) groups excluding carboxylic acids is 3. The van der Waals surface area contributed by atoms with Crippen LogP contribution in [0.2, 0.25) is 5.02 Å². The molecule has 1 aliphatic carbocycles. The lowest BCUT2D eigenvalue weighted by atomic mass is 9.65. The molecule has 0 saturated heterocycles. The van der Waals surface area contributed by atoms with Gasteiger partial charge in [0, 0.05) is 49.2 Å². The molecule has 4 rings (SSSR count). The van der Waals surface area contributed by atoms with E-state index in [0.717, 1.165) is 56.4 Å². The summed E-state index contributed by atoms with van der Waals surface area (Å²) < 4.78 is 42.3. The summed E-state index contributed by atoms with van der Waals surface area (Å²) in [7, 11) is 7.04. The molecule has 0 radical (unpaired) electrons. The second-order valence-corrected chi connectivity index (χ2v) is 17.3. The van der Waals surface area contributed by atoms with Crippen molar-refractivity contribution in [2.45, 2.75) is 103 Å². The molecule has 338 valence electrons. The zero-order chi connectivity index (χ0) is 44.5. The van der Waals surface area contributed by atoms with Crippen molar-refractivity contribution in [1.82, 2.24) is 9.80 Å². The molecule has 3 unspecified atom stereocenters. The first-order valence-electron chi connectivity index (χ1n) is 22.0. The molecule has 1 heterocycles. The molecule has 2 aromatic carbocycles. The maximum absolute atomic E-state index is 14.1. The van der Waals surface area contributed by atoms with Gasteiger partial charge in [-0.1, -0.05) is 75.4 Å². The minimum atomic E-state index is -0.835. The number of halogens is 2. The van der Waals surface area contributed by atoms with Gasteiger partial charge in [0.2, 0.25) is 0 Å². The Bertz CT molecular complexity index is 1820. The normalized spacial score (nSPS) is 20.2. The van der Waals surface area contributed by atoms with Gasteiger partial charge in [-0.2, -0.15) is 0 Å². The van der Waals surface area contributed by atoms with Crippen molar-refractivity contribution in [1.29, 1.82) is 0 Å². The van der Waals surface area contributed by atoms with Crippen LogP contribution in [0.25, 0.3) is 0 Å². The first-order chi connectivity index (χ1) is 29.3. The van der Waals surface area contributed by atoms with Crippen LogP contribution in [0.4, 0.5) is 4.39 Å². The second-order valence-electron chi connectivity index (χ2n) is 16.9. The van der Waals surface area contributed by atoms with Crippen molar-refractivity contribution >= 4 is 35.2 Å². The van der Waals surface area contributed by atoms with Crippen LogP contribution in [-0.2, 0) is 44.5 Å². The lowest BCUT2D eigenvalue weighted by Crippen LogP contribution is -2.49. The van der Waals surface area contributed by atoms with Crippen LogP contribution in [0.15, 0.2) is 58.7 Å². The highest BCUT2D eigenvalue weighted by Crippen LogP contribution is 2.48. The average molecular weight is 871 g/mol. The van der Waals surface area contributed by atoms with Crippen LogP contribution in [0, 0.1) is 17.7 Å². The third-order valence-electron chi connectivity index (χ3n) is 12.1. The number of hydrogen-bond acceptors (Lipinski definition) is 11. The molecule has 4 atom stereocenters. The molecule has 0 fully saturated rings. The van der Waals surface area contributed by atoms with Gasteiger partial charge in [0.15, 0.2) is 0 Å². The van der Waals surface area contributed by atoms with E-state index in [1.165, 1.54) is 33.1 Å². The SMILES string of the molecule is CCOC(=O)C1=C(COCCN(C)CCCCCCCCN(C)CC[C@@]2(OC(=O)COC)CCc3cc(F)ccc3C2C(C)C)N=C(C)C(C(=O)OC)C1c1ccccc1Cl. The minimum absolute atomic E-state index is 0.0282. The van der Waals surface area contributed by atoms with E-state index in [9.17, 15) is 18.8 Å². The number of nitrogens with zero attached hydrogens (tertiary/aromatic N) is 3. The second kappa shape index (κ2) is 24.8. The van der Waals surface area contributed by atoms with Gasteiger partial charge in [-0.15, -0.1) is 0 Å². The molecule has 0 N–H and O–H groups in total. The number of carbonyl (C=O) groups is 3. The fourth-order valence-corrected chi connectivity index (χ4v) is 9.37. The van der Waals surface area contributed by atoms with Gasteiger partial charge in [-0.25, -0.2) is 14.0 Å². The predicted octanol–water partition coefficient (Wildman–Crippen LogP) is 8.57. The maximum atomic E-state index is 14.1. The van der Waals surface area contributed by atoms with Gasteiger partial charge in [0.1, 0.15) is 23.9 Å². The third-order valence-corrected chi connectivity index (χ3v) is 12.4. The van der Waals surface area contributed by atoms with Crippen LogP contribution in [-0.4, -0.2) is 120 Å². The summed E-state index contributed by atoms with van der Waals surface area (Å²) in [5.41, 5.74) is 3.25. The molecular formula is C48H69ClFN3O8. The molecular weight excluding hydrogens is 801 g/mol. The Balaban J connectivity index is 1.19. The zero-order valence-electron chi connectivity index (χ0n) is 37.7. The number of fused-ring (bicyclic) bond motifs is 1. The lowest BCUT2D eigenvalue weighted by Gasteiger charge is -2.47. The van der Waals surface area contributed by atoms with E-state index in [0.29, 0.717) is 54.4 Å². The number of benzene rings is 2. The van der Waals surface area contributed by atoms with Crippen molar-refractivity contribution in [2.24, 2.45) is 16.8 Å². The summed E-state index contributed by atoms with van der Waals surface area (Å²) in [5.74, 6) is -3.04. The molecule has 0 saturated carbocycles. The van der Waals surface area contributed by atoms with E-state index in [4.69, 9.17) is 35.3 Å². The topological polar surface area (TPSA) is 116 Å². The number of esters is 3. The van der Waals surface area contributed by atoms with Gasteiger partial charge >= 0.3 is 17.9 Å². The van der Waals surface area contributed by atoms with Crippen LogP contribution in [0.5, 0.6) is 0 Å². The number of rotatable bonds is 25. The van der Waals surface area contributed by atoms with E-state index in [1.807, 2.05) is 18.2 Å². The molecule has 0 bridgehead atoms. The van der Waals surface area contributed by atoms with Crippen molar-refractivity contribution < 1.29 is 42.5 Å². The monoisotopic (exact) mass is 869 g/mol. The number of ether oxygens (including phenoxy) is 5. The Hall–Kier alpha value is -3.68. The summed E-state index contributed by atoms with van der Waals surface area (Å²) in [6.07, 6.45) is 8.86. The average Bonchev–Trinajstić information content (AvgIpc) is 3.22. The predicted molar refractivity (Wildman–Crippen MR) is 238 cm³/mol. The Kier molecular flexibility index (Phi) is 20.3. The molecule has 0 spiro atoms. The van der Waals surface area contributed by atoms with Crippen LogP contribution in [0.1, 0.15) is 108 Å². The number of methoxy groups -OCH3 is 2. The molecule has 1 aliphatic heterocycles. The molecule has 2 aromatic rings. The summed E-state index contributed by atoms with van der Waals surface area (Å²) in [4.78, 5) is 48.6. The van der Waals surface area contributed by atoms with Crippen LogP contribution < -0.4 is 0 Å². The van der Waals surface area contributed by atoms with Crippen LogP contribution >= 0.6 is 11.6 Å². The Morgan fingerprint density at radius 1 is 0.934 bits per heavy atom. The summed E-state index contributed by atoms with van der Waals surface area (Å²) in [6.45, 7) is 11.8. The van der Waals surface area contributed by atoms with Crippen molar-refractivity contribution in [3.63, 3.8) is 0 Å². The van der Waals surface area contributed by atoms with Gasteiger partial charge in [0.05, 0.1) is 38.2 Å². The molecule has 61 heavy (non-hydrogen) atoms. The number of unbranched alkanes of at least 4 members (excludes halogenated alkanes) is 5. The maximum Gasteiger partial charge on any atom is 0.336 e. The molecule has 13 heteroatoms. The molecule has 0 amide bonds. The highest BCUT2D eigenvalue weighted by molar-refractivity contribution is 6.31. The molecule has 11 nitrogen and oxygen atoms in total. The van der Waals surface area contributed by atoms with Gasteiger partial charge in [-0.05, 0) is 108 Å². The number of aliphatic imine (C=N–C) groups is 1. The Labute approximate surface area is 368 Å². The quantitative estimate of drug-likeness (QED) is 0.0546. The van der Waals surface area contributed by atoms with E-state index in [-0.39, 0.29) is 49.0 Å². The molecule has 2 aliphatic rings. The zero-order valence-corrected chi connectivity index (χ0v) is 38.5.